The first-order valence-corrected chi connectivity index (χ1v) is 20.3. The molecule has 0 aliphatic rings. The molecule has 0 aromatic heterocycles. The fraction of sp³-hybridized carbons (Fsp3) is 0. The average molecular weight is 731 g/mol. The summed E-state index contributed by atoms with van der Waals surface area (Å²) in [5.41, 5.74) is 10.1. The maximum atomic E-state index is 2.54. The van der Waals surface area contributed by atoms with Gasteiger partial charge in [0.1, 0.15) is 0 Å². The first-order chi connectivity index (χ1) is 28.8. The first-order valence-electron chi connectivity index (χ1n) is 20.3. The molecule has 0 unspecified atom stereocenters. The van der Waals surface area contributed by atoms with Crippen molar-refractivity contribution in [2.75, 3.05) is 0 Å². The Kier molecular flexibility index (Phi) is 6.54. The van der Waals surface area contributed by atoms with Crippen molar-refractivity contribution in [3.05, 3.63) is 206 Å². The Bertz CT molecular complexity index is 3760. The van der Waals surface area contributed by atoms with Crippen molar-refractivity contribution >= 4 is 86.2 Å². The van der Waals surface area contributed by atoms with Crippen LogP contribution in [0.15, 0.2) is 206 Å². The summed E-state index contributed by atoms with van der Waals surface area (Å²) in [5, 5.41) is 20.9. The quantitative estimate of drug-likeness (QED) is 0.158. The third kappa shape index (κ3) is 4.24. The van der Waals surface area contributed by atoms with Crippen LogP contribution in [0.5, 0.6) is 0 Å². The van der Waals surface area contributed by atoms with Gasteiger partial charge in [-0.15, -0.1) is 0 Å². The standard InChI is InChI=1S/C58H34/c1-3-16-35(17-4-1)39-23-9-12-26-44(39)55-51-34-50-42-25-11-10-24-41(42)45-28-14-30-47(54(45)50)56(51)52(37-19-5-2-6-20-37)57-48-31-15-29-46-43(32-33-49(53(46)48)58(55)57)40-27-13-21-36-18-7-8-22-38(36)40/h1-34H. The van der Waals surface area contributed by atoms with Crippen molar-refractivity contribution in [3.8, 4) is 44.5 Å². The maximum absolute atomic E-state index is 2.54. The topological polar surface area (TPSA) is 0 Å². The molecule has 0 aliphatic heterocycles. The summed E-state index contributed by atoms with van der Waals surface area (Å²) in [7, 11) is 0. The molecular weight excluding hydrogens is 697 g/mol. The van der Waals surface area contributed by atoms with Gasteiger partial charge in [0.2, 0.25) is 0 Å². The summed E-state index contributed by atoms with van der Waals surface area (Å²) in [6.07, 6.45) is 0. The highest BCUT2D eigenvalue weighted by Crippen LogP contribution is 2.56. The normalized spacial score (nSPS) is 12.1. The van der Waals surface area contributed by atoms with Gasteiger partial charge in [-0.05, 0) is 137 Å². The minimum absolute atomic E-state index is 1.22. The molecule has 58 heavy (non-hydrogen) atoms. The van der Waals surface area contributed by atoms with Crippen molar-refractivity contribution in [2.24, 2.45) is 0 Å². The molecule has 0 saturated heterocycles. The molecule has 0 saturated carbocycles. The van der Waals surface area contributed by atoms with Gasteiger partial charge in [-0.2, -0.15) is 0 Å². The van der Waals surface area contributed by atoms with E-state index in [-0.39, 0.29) is 0 Å². The van der Waals surface area contributed by atoms with E-state index in [1.807, 2.05) is 0 Å². The van der Waals surface area contributed by atoms with Crippen LogP contribution in [0.2, 0.25) is 0 Å². The van der Waals surface area contributed by atoms with Crippen LogP contribution >= 0.6 is 0 Å². The highest BCUT2D eigenvalue weighted by Gasteiger charge is 2.28. The summed E-state index contributed by atoms with van der Waals surface area (Å²) in [6.45, 7) is 0. The van der Waals surface area contributed by atoms with E-state index in [0.717, 1.165) is 0 Å². The van der Waals surface area contributed by atoms with E-state index in [0.29, 0.717) is 0 Å². The van der Waals surface area contributed by atoms with Crippen molar-refractivity contribution < 1.29 is 0 Å². The number of hydrogen-bond acceptors (Lipinski definition) is 0. The Morgan fingerprint density at radius 3 is 1.47 bits per heavy atom. The maximum Gasteiger partial charge on any atom is -0.000718 e. The van der Waals surface area contributed by atoms with E-state index < -0.39 is 0 Å². The van der Waals surface area contributed by atoms with Gasteiger partial charge < -0.3 is 0 Å². The molecule has 13 aromatic rings. The van der Waals surface area contributed by atoms with Crippen LogP contribution in [0, 0.1) is 0 Å². The number of hydrogen-bond donors (Lipinski definition) is 0. The molecule has 13 rings (SSSR count). The van der Waals surface area contributed by atoms with Gasteiger partial charge in [-0.25, -0.2) is 0 Å². The minimum atomic E-state index is 1.22. The van der Waals surface area contributed by atoms with Gasteiger partial charge in [-0.3, -0.25) is 0 Å². The molecule has 13 aromatic carbocycles. The third-order valence-electron chi connectivity index (χ3n) is 12.9. The number of rotatable bonds is 4. The SMILES string of the molecule is c1ccc(-c2ccccc2-c2c3cc4c5ccccc5c5cccc(c3c(-c3ccccc3)c3c6cccc7c(-c8cccc9ccccc89)ccc(c23)c76)c54)cc1. The third-order valence-corrected chi connectivity index (χ3v) is 12.9. The first kappa shape index (κ1) is 31.6. The lowest BCUT2D eigenvalue weighted by molar-refractivity contribution is 1.61. The second-order valence-corrected chi connectivity index (χ2v) is 15.8. The lowest BCUT2D eigenvalue weighted by Crippen LogP contribution is -1.93. The zero-order chi connectivity index (χ0) is 37.9. The molecule has 266 valence electrons. The van der Waals surface area contributed by atoms with Crippen LogP contribution < -0.4 is 0 Å². The monoisotopic (exact) mass is 730 g/mol. The molecule has 0 radical (unpaired) electrons. The van der Waals surface area contributed by atoms with Crippen molar-refractivity contribution in [1.82, 2.24) is 0 Å². The zero-order valence-corrected chi connectivity index (χ0v) is 31.6. The second kappa shape index (κ2) is 12.0. The molecular formula is C58H34. The number of benzene rings is 11. The fourth-order valence-electron chi connectivity index (χ4n) is 10.7. The van der Waals surface area contributed by atoms with E-state index in [2.05, 4.69) is 206 Å². The Labute approximate surface area is 335 Å². The van der Waals surface area contributed by atoms with E-state index in [4.69, 9.17) is 0 Å². The van der Waals surface area contributed by atoms with Crippen LogP contribution in [0.25, 0.3) is 131 Å². The molecule has 0 spiro atoms. The number of fused-ring (bicyclic) bond motifs is 9. The molecule has 0 fully saturated rings. The largest absolute Gasteiger partial charge is 0.0622 e. The highest BCUT2D eigenvalue weighted by atomic mass is 14.3. The molecule has 0 nitrogen and oxygen atoms in total. The molecule has 0 aliphatic carbocycles. The highest BCUT2D eigenvalue weighted by molar-refractivity contribution is 6.45. The summed E-state index contributed by atoms with van der Waals surface area (Å²) < 4.78 is 0. The molecule has 0 amide bonds. The Balaban J connectivity index is 1.32. The van der Waals surface area contributed by atoms with Gasteiger partial charge in [0.05, 0.1) is 0 Å². The summed E-state index contributed by atoms with van der Waals surface area (Å²) >= 11 is 0. The van der Waals surface area contributed by atoms with Gasteiger partial charge in [0.15, 0.2) is 0 Å². The van der Waals surface area contributed by atoms with Gasteiger partial charge in [0, 0.05) is 0 Å². The van der Waals surface area contributed by atoms with Gasteiger partial charge >= 0.3 is 0 Å². The smallest absolute Gasteiger partial charge is 0.000718 e. The summed E-state index contributed by atoms with van der Waals surface area (Å²) in [6, 6.07) is 77.0. The molecule has 0 bridgehead atoms. The van der Waals surface area contributed by atoms with Crippen LogP contribution in [0.4, 0.5) is 0 Å². The lowest BCUT2D eigenvalue weighted by atomic mass is 9.82. The van der Waals surface area contributed by atoms with E-state index in [1.54, 1.807) is 0 Å². The van der Waals surface area contributed by atoms with Gasteiger partial charge in [0.25, 0.3) is 0 Å². The van der Waals surface area contributed by atoms with E-state index in [1.165, 1.54) is 131 Å². The van der Waals surface area contributed by atoms with Crippen LogP contribution in [0.3, 0.4) is 0 Å². The average Bonchev–Trinajstić information content (AvgIpc) is 3.80. The second-order valence-electron chi connectivity index (χ2n) is 15.8. The van der Waals surface area contributed by atoms with Crippen LogP contribution in [-0.2, 0) is 0 Å². The fourth-order valence-corrected chi connectivity index (χ4v) is 10.7. The lowest BCUT2D eigenvalue weighted by Gasteiger charge is -2.20. The molecule has 0 heteroatoms. The van der Waals surface area contributed by atoms with Gasteiger partial charge in [-0.1, -0.05) is 200 Å². The predicted molar refractivity (Wildman–Crippen MR) is 251 cm³/mol. The van der Waals surface area contributed by atoms with Crippen molar-refractivity contribution in [1.29, 1.82) is 0 Å². The van der Waals surface area contributed by atoms with Crippen LogP contribution in [0.1, 0.15) is 0 Å². The summed E-state index contributed by atoms with van der Waals surface area (Å²) in [5.74, 6) is 0. The van der Waals surface area contributed by atoms with Crippen molar-refractivity contribution in [3.63, 3.8) is 0 Å². The minimum Gasteiger partial charge on any atom is -0.0622 e. The Morgan fingerprint density at radius 1 is 0.190 bits per heavy atom. The summed E-state index contributed by atoms with van der Waals surface area (Å²) in [4.78, 5) is 0. The Hall–Kier alpha value is -7.54. The van der Waals surface area contributed by atoms with Crippen molar-refractivity contribution in [2.45, 2.75) is 0 Å². The Morgan fingerprint density at radius 2 is 0.672 bits per heavy atom. The zero-order valence-electron chi connectivity index (χ0n) is 31.6. The van der Waals surface area contributed by atoms with Crippen LogP contribution in [-0.4, -0.2) is 0 Å². The predicted octanol–water partition coefficient (Wildman–Crippen LogP) is 16.5. The molecule has 0 atom stereocenters. The molecule has 0 heterocycles. The van der Waals surface area contributed by atoms with E-state index in [9.17, 15) is 0 Å². The van der Waals surface area contributed by atoms with E-state index >= 15 is 0 Å². The molecule has 0 N–H and O–H groups in total.